The molecule has 2 heterocycles. The number of thioether (sulfide) groups is 1. The van der Waals surface area contributed by atoms with Crippen LogP contribution in [0.15, 0.2) is 28.0 Å². The third-order valence-electron chi connectivity index (χ3n) is 2.26. The molecule has 0 aromatic carbocycles. The van der Waals surface area contributed by atoms with E-state index in [-0.39, 0.29) is 11.2 Å². The second-order valence-corrected chi connectivity index (χ2v) is 4.81. The molecule has 0 aliphatic carbocycles. The van der Waals surface area contributed by atoms with E-state index in [1.165, 1.54) is 11.8 Å². The molecule has 0 aliphatic heterocycles. The summed E-state index contributed by atoms with van der Waals surface area (Å²) in [5.74, 6) is 0.880. The van der Waals surface area contributed by atoms with E-state index < -0.39 is 0 Å². The highest BCUT2D eigenvalue weighted by atomic mass is 32.2. The van der Waals surface area contributed by atoms with Crippen LogP contribution in [-0.4, -0.2) is 25.9 Å². The highest BCUT2D eigenvalue weighted by molar-refractivity contribution is 8.00. The normalized spacial score (nSPS) is 12.6. The van der Waals surface area contributed by atoms with E-state index >= 15 is 0 Å². The van der Waals surface area contributed by atoms with Gasteiger partial charge in [-0.05, 0) is 19.1 Å². The predicted molar refractivity (Wildman–Crippen MR) is 63.2 cm³/mol. The molecule has 1 amide bonds. The van der Waals surface area contributed by atoms with E-state index in [1.807, 2.05) is 7.05 Å². The number of carbonyl (C=O) groups is 1. The Morgan fingerprint density at radius 1 is 1.59 bits per heavy atom. The average Bonchev–Trinajstić information content (AvgIpc) is 2.89. The largest absolute Gasteiger partial charge is 0.461 e. The molecule has 90 valence electrons. The number of rotatable bonds is 4. The third kappa shape index (κ3) is 2.33. The molecule has 0 bridgehead atoms. The first kappa shape index (κ1) is 11.7. The Morgan fingerprint density at radius 3 is 2.94 bits per heavy atom. The zero-order chi connectivity index (χ0) is 12.4. The van der Waals surface area contributed by atoms with Gasteiger partial charge in [0.2, 0.25) is 5.91 Å². The van der Waals surface area contributed by atoms with Crippen LogP contribution in [0.1, 0.15) is 6.92 Å². The molecule has 7 heteroatoms. The molecule has 0 fully saturated rings. The SMILES string of the molecule is CC(Sc1nnc(-c2ccco2)n1C)C(N)=O. The van der Waals surface area contributed by atoms with Gasteiger partial charge in [0.25, 0.3) is 0 Å². The summed E-state index contributed by atoms with van der Waals surface area (Å²) in [6.07, 6.45) is 1.57. The minimum absolute atomic E-state index is 0.345. The fourth-order valence-electron chi connectivity index (χ4n) is 1.25. The van der Waals surface area contributed by atoms with E-state index in [1.54, 1.807) is 29.9 Å². The summed E-state index contributed by atoms with van der Waals surface area (Å²) in [7, 11) is 1.81. The summed E-state index contributed by atoms with van der Waals surface area (Å²) in [5, 5.41) is 8.30. The van der Waals surface area contributed by atoms with Crippen molar-refractivity contribution < 1.29 is 9.21 Å². The van der Waals surface area contributed by atoms with Crippen LogP contribution in [0.3, 0.4) is 0 Å². The van der Waals surface area contributed by atoms with Gasteiger partial charge < -0.3 is 14.7 Å². The van der Waals surface area contributed by atoms with E-state index in [9.17, 15) is 4.79 Å². The summed E-state index contributed by atoms with van der Waals surface area (Å²) in [5.41, 5.74) is 5.20. The molecule has 2 N–H and O–H groups in total. The first-order chi connectivity index (χ1) is 8.09. The molecule has 1 atom stereocenters. The van der Waals surface area contributed by atoms with Crippen molar-refractivity contribution in [3.63, 3.8) is 0 Å². The molecule has 6 nitrogen and oxygen atoms in total. The summed E-state index contributed by atoms with van der Waals surface area (Å²) < 4.78 is 7.01. The lowest BCUT2D eigenvalue weighted by Gasteiger charge is -2.05. The Bertz CT molecular complexity index is 520. The van der Waals surface area contributed by atoms with Gasteiger partial charge in [0.15, 0.2) is 16.7 Å². The van der Waals surface area contributed by atoms with Crippen molar-refractivity contribution >= 4 is 17.7 Å². The minimum atomic E-state index is -0.377. The Balaban J connectivity index is 2.24. The minimum Gasteiger partial charge on any atom is -0.461 e. The summed E-state index contributed by atoms with van der Waals surface area (Å²) in [6, 6.07) is 3.58. The highest BCUT2D eigenvalue weighted by Gasteiger charge is 2.18. The van der Waals surface area contributed by atoms with Gasteiger partial charge in [0.1, 0.15) is 0 Å². The van der Waals surface area contributed by atoms with Crippen LogP contribution in [0.2, 0.25) is 0 Å². The lowest BCUT2D eigenvalue weighted by Crippen LogP contribution is -2.22. The summed E-state index contributed by atoms with van der Waals surface area (Å²) >= 11 is 1.27. The van der Waals surface area contributed by atoms with E-state index in [4.69, 9.17) is 10.2 Å². The maximum Gasteiger partial charge on any atom is 0.230 e. The Hall–Kier alpha value is -1.76. The van der Waals surface area contributed by atoms with E-state index in [0.29, 0.717) is 16.7 Å². The molecule has 0 aliphatic rings. The average molecular weight is 252 g/mol. The maximum atomic E-state index is 11.0. The number of primary amides is 1. The molecular weight excluding hydrogens is 240 g/mol. The number of hydrogen-bond donors (Lipinski definition) is 1. The lowest BCUT2D eigenvalue weighted by molar-refractivity contribution is -0.117. The number of aromatic nitrogens is 3. The van der Waals surface area contributed by atoms with Gasteiger partial charge in [-0.15, -0.1) is 10.2 Å². The Labute approximate surface area is 102 Å². The molecule has 0 saturated heterocycles. The molecule has 0 spiro atoms. The van der Waals surface area contributed by atoms with Crippen LogP contribution in [-0.2, 0) is 11.8 Å². The Morgan fingerprint density at radius 2 is 2.35 bits per heavy atom. The first-order valence-electron chi connectivity index (χ1n) is 4.99. The molecule has 17 heavy (non-hydrogen) atoms. The fraction of sp³-hybridized carbons (Fsp3) is 0.300. The number of amides is 1. The molecule has 0 radical (unpaired) electrons. The van der Waals surface area contributed by atoms with Gasteiger partial charge in [0.05, 0.1) is 11.5 Å². The topological polar surface area (TPSA) is 86.9 Å². The van der Waals surface area contributed by atoms with Gasteiger partial charge in [-0.2, -0.15) is 0 Å². The standard InChI is InChI=1S/C10H12N4O2S/c1-6(8(11)15)17-10-13-12-9(14(10)2)7-4-3-5-16-7/h3-6H,1-2H3,(H2,11,15). The number of carbonyl (C=O) groups excluding carboxylic acids is 1. The number of nitrogens with zero attached hydrogens (tertiary/aromatic N) is 3. The summed E-state index contributed by atoms with van der Waals surface area (Å²) in [6.45, 7) is 1.73. The smallest absolute Gasteiger partial charge is 0.230 e. The lowest BCUT2D eigenvalue weighted by atomic mass is 10.4. The third-order valence-corrected chi connectivity index (χ3v) is 3.41. The molecular formula is C10H12N4O2S. The zero-order valence-electron chi connectivity index (χ0n) is 9.45. The van der Waals surface area contributed by atoms with Crippen molar-refractivity contribution in [3.8, 4) is 11.6 Å². The van der Waals surface area contributed by atoms with Gasteiger partial charge in [-0.1, -0.05) is 11.8 Å². The number of hydrogen-bond acceptors (Lipinski definition) is 5. The predicted octanol–water partition coefficient (Wildman–Crippen LogP) is 1.04. The fourth-order valence-corrected chi connectivity index (χ4v) is 2.02. The second-order valence-electron chi connectivity index (χ2n) is 3.50. The van der Waals surface area contributed by atoms with Crippen LogP contribution < -0.4 is 5.73 Å². The van der Waals surface area contributed by atoms with Gasteiger partial charge in [-0.25, -0.2) is 0 Å². The molecule has 2 aromatic rings. The molecule has 1 unspecified atom stereocenters. The number of furan rings is 1. The van der Waals surface area contributed by atoms with Gasteiger partial charge in [-0.3, -0.25) is 4.79 Å². The highest BCUT2D eigenvalue weighted by Crippen LogP contribution is 2.25. The summed E-state index contributed by atoms with van der Waals surface area (Å²) in [4.78, 5) is 11.0. The van der Waals surface area contributed by atoms with Crippen LogP contribution in [0.25, 0.3) is 11.6 Å². The van der Waals surface area contributed by atoms with Crippen molar-refractivity contribution in [2.24, 2.45) is 12.8 Å². The van der Waals surface area contributed by atoms with Crippen LogP contribution in [0.5, 0.6) is 0 Å². The van der Waals surface area contributed by atoms with Crippen molar-refractivity contribution in [3.05, 3.63) is 18.4 Å². The Kier molecular flexibility index (Phi) is 3.19. The monoisotopic (exact) mass is 252 g/mol. The van der Waals surface area contributed by atoms with Crippen LogP contribution >= 0.6 is 11.8 Å². The van der Waals surface area contributed by atoms with Crippen LogP contribution in [0, 0.1) is 0 Å². The second kappa shape index (κ2) is 4.62. The van der Waals surface area contributed by atoms with Gasteiger partial charge in [0, 0.05) is 7.05 Å². The number of nitrogens with two attached hydrogens (primary N) is 1. The van der Waals surface area contributed by atoms with Crippen molar-refractivity contribution in [1.82, 2.24) is 14.8 Å². The van der Waals surface area contributed by atoms with Crippen molar-refractivity contribution in [1.29, 1.82) is 0 Å². The van der Waals surface area contributed by atoms with Crippen molar-refractivity contribution in [2.45, 2.75) is 17.3 Å². The maximum absolute atomic E-state index is 11.0. The first-order valence-corrected chi connectivity index (χ1v) is 5.87. The van der Waals surface area contributed by atoms with E-state index in [0.717, 1.165) is 0 Å². The molecule has 0 saturated carbocycles. The quantitative estimate of drug-likeness (QED) is 0.821. The zero-order valence-corrected chi connectivity index (χ0v) is 10.3. The molecule has 2 aromatic heterocycles. The van der Waals surface area contributed by atoms with E-state index in [2.05, 4.69) is 10.2 Å². The van der Waals surface area contributed by atoms with Crippen LogP contribution in [0.4, 0.5) is 0 Å². The van der Waals surface area contributed by atoms with Gasteiger partial charge >= 0.3 is 0 Å². The molecule has 2 rings (SSSR count). The van der Waals surface area contributed by atoms with Crippen molar-refractivity contribution in [2.75, 3.05) is 0 Å².